The van der Waals surface area contributed by atoms with E-state index in [0.29, 0.717) is 23.7 Å². The molecule has 1 fully saturated rings. The molecule has 114 valence electrons. The lowest BCUT2D eigenvalue weighted by Crippen LogP contribution is -2.47. The zero-order valence-electron chi connectivity index (χ0n) is 11.9. The Labute approximate surface area is 124 Å². The van der Waals surface area contributed by atoms with Crippen LogP contribution in [0, 0.1) is 0 Å². The molecule has 0 bridgehead atoms. The number of hydrogen-bond donors (Lipinski definition) is 1. The summed E-state index contributed by atoms with van der Waals surface area (Å²) in [5, 5.41) is 8.92. The lowest BCUT2D eigenvalue weighted by molar-refractivity contribution is 0.190. The molecule has 2 rings (SSSR count). The van der Waals surface area contributed by atoms with Gasteiger partial charge in [-0.1, -0.05) is 0 Å². The minimum absolute atomic E-state index is 0.0480. The highest BCUT2D eigenvalue weighted by atomic mass is 32.2. The Morgan fingerprint density at radius 2 is 2.20 bits per heavy atom. The van der Waals surface area contributed by atoms with Crippen molar-refractivity contribution in [3.8, 4) is 0 Å². The number of rotatable bonds is 5. The predicted molar refractivity (Wildman–Crippen MR) is 80.6 cm³/mol. The Morgan fingerprint density at radius 3 is 2.85 bits per heavy atom. The largest absolute Gasteiger partial charge is 0.396 e. The van der Waals surface area contributed by atoms with E-state index in [1.54, 1.807) is 16.4 Å². The average molecular weight is 318 g/mol. The summed E-state index contributed by atoms with van der Waals surface area (Å²) in [5.41, 5.74) is 0. The monoisotopic (exact) mass is 318 g/mol. The van der Waals surface area contributed by atoms with Gasteiger partial charge in [-0.15, -0.1) is 11.3 Å². The fourth-order valence-electron chi connectivity index (χ4n) is 2.43. The van der Waals surface area contributed by atoms with Crippen LogP contribution in [0.3, 0.4) is 0 Å². The van der Waals surface area contributed by atoms with Gasteiger partial charge in [-0.2, -0.15) is 4.31 Å². The van der Waals surface area contributed by atoms with Gasteiger partial charge in [0.25, 0.3) is 10.0 Å². The van der Waals surface area contributed by atoms with Crippen molar-refractivity contribution in [2.45, 2.75) is 29.5 Å². The number of thiophene rings is 1. The fourth-order valence-corrected chi connectivity index (χ4v) is 5.44. The first-order valence-electron chi connectivity index (χ1n) is 6.81. The average Bonchev–Trinajstić information content (AvgIpc) is 2.88. The van der Waals surface area contributed by atoms with Gasteiger partial charge in [0.15, 0.2) is 0 Å². The highest BCUT2D eigenvalue weighted by molar-refractivity contribution is 7.91. The molecule has 1 atom stereocenters. The van der Waals surface area contributed by atoms with Gasteiger partial charge >= 0.3 is 0 Å². The van der Waals surface area contributed by atoms with Crippen molar-refractivity contribution in [3.05, 3.63) is 17.0 Å². The standard InChI is InChI=1S/C13H22N2O3S2/c1-14(2)11-4-3-8-15(10-11)20(17,18)13-6-5-12(19-13)7-9-16/h5-6,11,16H,3-4,7-10H2,1-2H3. The molecule has 20 heavy (non-hydrogen) atoms. The SMILES string of the molecule is CN(C)C1CCCN(S(=O)(=O)c2ccc(CCO)s2)C1. The molecular formula is C13H22N2O3S2. The molecule has 1 aliphatic heterocycles. The summed E-state index contributed by atoms with van der Waals surface area (Å²) in [5.74, 6) is 0. The summed E-state index contributed by atoms with van der Waals surface area (Å²) in [4.78, 5) is 3.00. The van der Waals surface area contributed by atoms with E-state index in [2.05, 4.69) is 4.90 Å². The Bertz CT molecular complexity index is 540. The summed E-state index contributed by atoms with van der Waals surface area (Å²) in [6.07, 6.45) is 2.46. The molecule has 0 amide bonds. The smallest absolute Gasteiger partial charge is 0.252 e. The van der Waals surface area contributed by atoms with Crippen LogP contribution in [0.2, 0.25) is 0 Å². The maximum Gasteiger partial charge on any atom is 0.252 e. The second-order valence-electron chi connectivity index (χ2n) is 5.32. The minimum atomic E-state index is -3.38. The lowest BCUT2D eigenvalue weighted by atomic mass is 10.1. The molecule has 0 aliphatic carbocycles. The Kier molecular flexibility index (Phi) is 5.19. The molecule has 5 nitrogen and oxygen atoms in total. The Hall–Kier alpha value is -0.470. The van der Waals surface area contributed by atoms with Crippen LogP contribution in [0.1, 0.15) is 17.7 Å². The van der Waals surface area contributed by atoms with Crippen LogP contribution in [0.25, 0.3) is 0 Å². The zero-order chi connectivity index (χ0) is 14.8. The third-order valence-corrected chi connectivity index (χ3v) is 7.16. The minimum Gasteiger partial charge on any atom is -0.396 e. The molecule has 0 saturated carbocycles. The normalized spacial score (nSPS) is 21.5. The topological polar surface area (TPSA) is 60.9 Å². The highest BCUT2D eigenvalue weighted by Gasteiger charge is 2.31. The van der Waals surface area contributed by atoms with Crippen LogP contribution in [0.15, 0.2) is 16.3 Å². The van der Waals surface area contributed by atoms with Crippen molar-refractivity contribution < 1.29 is 13.5 Å². The van der Waals surface area contributed by atoms with Crippen LogP contribution >= 0.6 is 11.3 Å². The summed E-state index contributed by atoms with van der Waals surface area (Å²) < 4.78 is 27.2. The molecule has 0 spiro atoms. The number of piperidine rings is 1. The van der Waals surface area contributed by atoms with Crippen LogP contribution < -0.4 is 0 Å². The molecule has 1 unspecified atom stereocenters. The molecule has 1 N–H and O–H groups in total. The first-order valence-corrected chi connectivity index (χ1v) is 9.07. The highest BCUT2D eigenvalue weighted by Crippen LogP contribution is 2.27. The van der Waals surface area contributed by atoms with E-state index in [4.69, 9.17) is 5.11 Å². The molecule has 1 aliphatic rings. The lowest BCUT2D eigenvalue weighted by Gasteiger charge is -2.35. The maximum absolute atomic E-state index is 12.6. The van der Waals surface area contributed by atoms with E-state index in [1.807, 2.05) is 14.1 Å². The van der Waals surface area contributed by atoms with Crippen LogP contribution in [-0.2, 0) is 16.4 Å². The first-order chi connectivity index (χ1) is 9.45. The molecule has 7 heteroatoms. The summed E-state index contributed by atoms with van der Waals surface area (Å²) in [6.45, 7) is 1.20. The van der Waals surface area contributed by atoms with E-state index < -0.39 is 10.0 Å². The number of nitrogens with zero attached hydrogens (tertiary/aromatic N) is 2. The van der Waals surface area contributed by atoms with Gasteiger partial charge in [0.05, 0.1) is 0 Å². The van der Waals surface area contributed by atoms with Crippen molar-refractivity contribution in [3.63, 3.8) is 0 Å². The van der Waals surface area contributed by atoms with Gasteiger partial charge in [-0.25, -0.2) is 8.42 Å². The Morgan fingerprint density at radius 1 is 1.45 bits per heavy atom. The Balaban J connectivity index is 2.16. The third kappa shape index (κ3) is 3.40. The van der Waals surface area contributed by atoms with Crippen molar-refractivity contribution in [1.29, 1.82) is 0 Å². The van der Waals surface area contributed by atoms with E-state index in [1.165, 1.54) is 11.3 Å². The molecule has 1 saturated heterocycles. The molecule has 1 aromatic rings. The van der Waals surface area contributed by atoms with E-state index in [9.17, 15) is 8.42 Å². The summed E-state index contributed by atoms with van der Waals surface area (Å²) in [6, 6.07) is 3.74. The molecular weight excluding hydrogens is 296 g/mol. The van der Waals surface area contributed by atoms with Gasteiger partial charge in [0, 0.05) is 37.0 Å². The molecule has 0 aromatic carbocycles. The van der Waals surface area contributed by atoms with Gasteiger partial charge < -0.3 is 10.0 Å². The number of hydrogen-bond acceptors (Lipinski definition) is 5. The van der Waals surface area contributed by atoms with E-state index in [-0.39, 0.29) is 12.6 Å². The van der Waals surface area contributed by atoms with Crippen molar-refractivity contribution in [2.75, 3.05) is 33.8 Å². The first kappa shape index (κ1) is 15.9. The van der Waals surface area contributed by atoms with Gasteiger partial charge in [-0.05, 0) is 39.1 Å². The van der Waals surface area contributed by atoms with Crippen LogP contribution in [0.5, 0.6) is 0 Å². The van der Waals surface area contributed by atoms with Crippen molar-refractivity contribution >= 4 is 21.4 Å². The van der Waals surface area contributed by atoms with Gasteiger partial charge in [0.1, 0.15) is 4.21 Å². The second-order valence-corrected chi connectivity index (χ2v) is 8.65. The number of likely N-dealkylation sites (N-methyl/N-ethyl adjacent to an activating group) is 1. The van der Waals surface area contributed by atoms with Crippen LogP contribution in [0.4, 0.5) is 0 Å². The van der Waals surface area contributed by atoms with Gasteiger partial charge in [-0.3, -0.25) is 0 Å². The fraction of sp³-hybridized carbons (Fsp3) is 0.692. The molecule has 0 radical (unpaired) electrons. The van der Waals surface area contributed by atoms with E-state index in [0.717, 1.165) is 17.7 Å². The zero-order valence-corrected chi connectivity index (χ0v) is 13.6. The second kappa shape index (κ2) is 6.53. The number of aliphatic hydroxyl groups is 1. The van der Waals surface area contributed by atoms with Crippen molar-refractivity contribution in [2.24, 2.45) is 0 Å². The predicted octanol–water partition coefficient (Wildman–Crippen LogP) is 0.998. The molecule has 1 aromatic heterocycles. The van der Waals surface area contributed by atoms with Crippen LogP contribution in [-0.4, -0.2) is 62.6 Å². The van der Waals surface area contributed by atoms with E-state index >= 15 is 0 Å². The quantitative estimate of drug-likeness (QED) is 0.880. The number of sulfonamides is 1. The van der Waals surface area contributed by atoms with Crippen molar-refractivity contribution in [1.82, 2.24) is 9.21 Å². The summed E-state index contributed by atoms with van der Waals surface area (Å²) in [7, 11) is 0.600. The maximum atomic E-state index is 12.6. The molecule has 2 heterocycles. The van der Waals surface area contributed by atoms with Gasteiger partial charge in [0.2, 0.25) is 0 Å². The number of aliphatic hydroxyl groups excluding tert-OH is 1. The summed E-state index contributed by atoms with van der Waals surface area (Å²) >= 11 is 1.26. The third-order valence-electron chi connectivity index (χ3n) is 3.68.